The highest BCUT2D eigenvalue weighted by Gasteiger charge is 2.08. The van der Waals surface area contributed by atoms with Crippen LogP contribution in [0.2, 0.25) is 0 Å². The minimum atomic E-state index is 0.209. The van der Waals surface area contributed by atoms with Crippen molar-refractivity contribution in [3.05, 3.63) is 52.1 Å². The highest BCUT2D eigenvalue weighted by atomic mass is 79.9. The van der Waals surface area contributed by atoms with Crippen molar-refractivity contribution in [1.29, 1.82) is 0 Å². The van der Waals surface area contributed by atoms with Gasteiger partial charge in [0.1, 0.15) is 5.75 Å². The molecule has 0 saturated heterocycles. The predicted octanol–water partition coefficient (Wildman–Crippen LogP) is 3.71. The van der Waals surface area contributed by atoms with Crippen molar-refractivity contribution >= 4 is 15.9 Å². The molecule has 5 heteroatoms. The Morgan fingerprint density at radius 3 is 2.67 bits per heavy atom. The van der Waals surface area contributed by atoms with Gasteiger partial charge in [-0.15, -0.1) is 0 Å². The largest absolute Gasteiger partial charge is 0.496 e. The standard InChI is InChI=1S/C16H19BrN2O2/c1-11(12-7-8-15(20-2)14(17)9-12)18-10-13-5-4-6-16(19-13)21-3/h4-9,11,18H,10H2,1-3H3. The molecule has 1 aromatic heterocycles. The van der Waals surface area contributed by atoms with Crippen molar-refractivity contribution < 1.29 is 9.47 Å². The molecule has 0 saturated carbocycles. The molecule has 0 radical (unpaired) electrons. The van der Waals surface area contributed by atoms with Gasteiger partial charge in [0, 0.05) is 18.7 Å². The van der Waals surface area contributed by atoms with E-state index in [2.05, 4.69) is 45.3 Å². The molecule has 4 nitrogen and oxygen atoms in total. The van der Waals surface area contributed by atoms with E-state index in [9.17, 15) is 0 Å². The van der Waals surface area contributed by atoms with Crippen LogP contribution in [0, 0.1) is 0 Å². The fourth-order valence-electron chi connectivity index (χ4n) is 2.00. The number of nitrogens with one attached hydrogen (secondary N) is 1. The van der Waals surface area contributed by atoms with Gasteiger partial charge in [0.2, 0.25) is 5.88 Å². The highest BCUT2D eigenvalue weighted by Crippen LogP contribution is 2.28. The predicted molar refractivity (Wildman–Crippen MR) is 86.7 cm³/mol. The number of aromatic nitrogens is 1. The molecule has 1 aromatic carbocycles. The van der Waals surface area contributed by atoms with E-state index in [1.54, 1.807) is 14.2 Å². The van der Waals surface area contributed by atoms with Gasteiger partial charge in [-0.2, -0.15) is 0 Å². The first-order valence-corrected chi connectivity index (χ1v) is 7.50. The summed E-state index contributed by atoms with van der Waals surface area (Å²) in [6.45, 7) is 2.80. The quantitative estimate of drug-likeness (QED) is 0.862. The van der Waals surface area contributed by atoms with E-state index >= 15 is 0 Å². The second-order valence-electron chi connectivity index (χ2n) is 4.67. The molecule has 1 unspecified atom stereocenters. The summed E-state index contributed by atoms with van der Waals surface area (Å²) < 4.78 is 11.3. The van der Waals surface area contributed by atoms with E-state index in [-0.39, 0.29) is 6.04 Å². The number of benzene rings is 1. The zero-order valence-electron chi connectivity index (χ0n) is 12.4. The number of pyridine rings is 1. The molecule has 0 fully saturated rings. The molecule has 112 valence electrons. The van der Waals surface area contributed by atoms with Crippen molar-refractivity contribution in [3.63, 3.8) is 0 Å². The molecule has 2 aromatic rings. The number of methoxy groups -OCH3 is 2. The van der Waals surface area contributed by atoms with Crippen molar-refractivity contribution in [2.75, 3.05) is 14.2 Å². The lowest BCUT2D eigenvalue weighted by molar-refractivity contribution is 0.395. The third-order valence-corrected chi connectivity index (χ3v) is 3.88. The molecular weight excluding hydrogens is 332 g/mol. The Bertz CT molecular complexity index is 605. The van der Waals surface area contributed by atoms with E-state index in [0.29, 0.717) is 12.4 Å². The molecule has 1 N–H and O–H groups in total. The van der Waals surface area contributed by atoms with Gasteiger partial charge in [0.25, 0.3) is 0 Å². The van der Waals surface area contributed by atoms with Crippen molar-refractivity contribution in [2.45, 2.75) is 19.5 Å². The van der Waals surface area contributed by atoms with Gasteiger partial charge in [-0.3, -0.25) is 0 Å². The number of ether oxygens (including phenoxy) is 2. The molecule has 0 aliphatic carbocycles. The Kier molecular flexibility index (Phi) is 5.59. The molecule has 21 heavy (non-hydrogen) atoms. The molecule has 0 aliphatic rings. The Labute approximate surface area is 133 Å². The van der Waals surface area contributed by atoms with Gasteiger partial charge in [-0.1, -0.05) is 12.1 Å². The summed E-state index contributed by atoms with van der Waals surface area (Å²) in [4.78, 5) is 4.39. The van der Waals surface area contributed by atoms with Crippen molar-refractivity contribution in [2.24, 2.45) is 0 Å². The minimum absolute atomic E-state index is 0.209. The van der Waals surface area contributed by atoms with Gasteiger partial charge in [-0.25, -0.2) is 4.98 Å². The second-order valence-corrected chi connectivity index (χ2v) is 5.52. The van der Waals surface area contributed by atoms with Crippen LogP contribution in [0.1, 0.15) is 24.2 Å². The molecular formula is C16H19BrN2O2. The zero-order chi connectivity index (χ0) is 15.2. The van der Waals surface area contributed by atoms with Crippen LogP contribution in [0.4, 0.5) is 0 Å². The summed E-state index contributed by atoms with van der Waals surface area (Å²) in [5.74, 6) is 1.47. The monoisotopic (exact) mass is 350 g/mol. The van der Waals surface area contributed by atoms with Crippen LogP contribution in [0.3, 0.4) is 0 Å². The molecule has 1 atom stereocenters. The molecule has 0 amide bonds. The van der Waals surface area contributed by atoms with E-state index in [4.69, 9.17) is 9.47 Å². The fraction of sp³-hybridized carbons (Fsp3) is 0.312. The smallest absolute Gasteiger partial charge is 0.213 e. The maximum absolute atomic E-state index is 5.24. The summed E-state index contributed by atoms with van der Waals surface area (Å²) in [5, 5.41) is 3.45. The zero-order valence-corrected chi connectivity index (χ0v) is 14.0. The van der Waals surface area contributed by atoms with Crippen molar-refractivity contribution in [1.82, 2.24) is 10.3 Å². The first-order valence-electron chi connectivity index (χ1n) is 6.70. The van der Waals surface area contributed by atoms with Gasteiger partial charge in [0.15, 0.2) is 0 Å². The van der Waals surface area contributed by atoms with Crippen LogP contribution in [0.15, 0.2) is 40.9 Å². The van der Waals surface area contributed by atoms with Crippen LogP contribution in [-0.4, -0.2) is 19.2 Å². The van der Waals surface area contributed by atoms with Crippen LogP contribution in [-0.2, 0) is 6.54 Å². The number of nitrogens with zero attached hydrogens (tertiary/aromatic N) is 1. The third-order valence-electron chi connectivity index (χ3n) is 3.26. The molecule has 0 aliphatic heterocycles. The summed E-state index contributed by atoms with van der Waals surface area (Å²) in [6, 6.07) is 12.1. The molecule has 0 spiro atoms. The average molecular weight is 351 g/mol. The lowest BCUT2D eigenvalue weighted by Gasteiger charge is -2.15. The Morgan fingerprint density at radius 2 is 2.00 bits per heavy atom. The molecule has 2 rings (SSSR count). The first kappa shape index (κ1) is 15.8. The van der Waals surface area contributed by atoms with Crippen molar-refractivity contribution in [3.8, 4) is 11.6 Å². The number of halogens is 1. The molecule has 1 heterocycles. The third kappa shape index (κ3) is 4.19. The van der Waals surface area contributed by atoms with Crippen LogP contribution < -0.4 is 14.8 Å². The Balaban J connectivity index is 2.00. The van der Waals surface area contributed by atoms with Gasteiger partial charge in [0.05, 0.1) is 24.4 Å². The topological polar surface area (TPSA) is 43.4 Å². The van der Waals surface area contributed by atoms with Gasteiger partial charge < -0.3 is 14.8 Å². The maximum atomic E-state index is 5.24. The second kappa shape index (κ2) is 7.43. The fourth-order valence-corrected chi connectivity index (χ4v) is 2.56. The van der Waals surface area contributed by atoms with E-state index in [1.807, 2.05) is 24.3 Å². The SMILES string of the molecule is COc1cccc(CNC(C)c2ccc(OC)c(Br)c2)n1. The Hall–Kier alpha value is -1.59. The van der Waals surface area contributed by atoms with Gasteiger partial charge >= 0.3 is 0 Å². The lowest BCUT2D eigenvalue weighted by Crippen LogP contribution is -2.18. The Morgan fingerprint density at radius 1 is 1.19 bits per heavy atom. The summed E-state index contributed by atoms with van der Waals surface area (Å²) in [7, 11) is 3.28. The number of hydrogen-bond donors (Lipinski definition) is 1. The highest BCUT2D eigenvalue weighted by molar-refractivity contribution is 9.10. The normalized spacial score (nSPS) is 12.0. The maximum Gasteiger partial charge on any atom is 0.213 e. The average Bonchev–Trinajstić information content (AvgIpc) is 2.52. The number of hydrogen-bond acceptors (Lipinski definition) is 4. The van der Waals surface area contributed by atoms with E-state index < -0.39 is 0 Å². The van der Waals surface area contributed by atoms with Gasteiger partial charge in [-0.05, 0) is 46.6 Å². The first-order chi connectivity index (χ1) is 10.1. The molecule has 0 bridgehead atoms. The van der Waals surface area contributed by atoms with Crippen LogP contribution in [0.5, 0.6) is 11.6 Å². The summed E-state index contributed by atoms with van der Waals surface area (Å²) in [6.07, 6.45) is 0. The summed E-state index contributed by atoms with van der Waals surface area (Å²) in [5.41, 5.74) is 2.14. The van der Waals surface area contributed by atoms with E-state index in [1.165, 1.54) is 5.56 Å². The minimum Gasteiger partial charge on any atom is -0.496 e. The van der Waals surface area contributed by atoms with E-state index in [0.717, 1.165) is 15.9 Å². The lowest BCUT2D eigenvalue weighted by atomic mass is 10.1. The van der Waals surface area contributed by atoms with Crippen LogP contribution >= 0.6 is 15.9 Å². The van der Waals surface area contributed by atoms with Crippen LogP contribution in [0.25, 0.3) is 0 Å². The number of rotatable bonds is 6. The summed E-state index contributed by atoms with van der Waals surface area (Å²) >= 11 is 3.51.